The average molecular weight is 460 g/mol. The van der Waals surface area contributed by atoms with Gasteiger partial charge >= 0.3 is 5.69 Å². The van der Waals surface area contributed by atoms with Crippen molar-refractivity contribution in [3.05, 3.63) is 123 Å². The summed E-state index contributed by atoms with van der Waals surface area (Å²) in [6.07, 6.45) is 4.17. The standard InChI is InChI=1S/C25H21FN4O4/c26-19-11-8-17(9-12-19)10-13-21(31)29(16-20-7-4-14-34-20)22-23(27)30(25(33)28-24(22)32)15-18-5-2-1-3-6-18/h1-14H,15-16,27H2,(H,28,32,33)/b13-10+. The molecule has 4 aromatic rings. The first-order chi connectivity index (χ1) is 16.4. The maximum atomic E-state index is 13.2. The Morgan fingerprint density at radius 2 is 1.79 bits per heavy atom. The van der Waals surface area contributed by atoms with Crippen LogP contribution in [-0.4, -0.2) is 15.5 Å². The van der Waals surface area contributed by atoms with Crippen molar-refractivity contribution in [3.63, 3.8) is 0 Å². The van der Waals surface area contributed by atoms with Crippen molar-refractivity contribution < 1.29 is 13.6 Å². The number of benzene rings is 2. The maximum Gasteiger partial charge on any atom is 0.330 e. The first kappa shape index (κ1) is 22.5. The molecule has 2 heterocycles. The Morgan fingerprint density at radius 3 is 2.47 bits per heavy atom. The molecular weight excluding hydrogens is 439 g/mol. The van der Waals surface area contributed by atoms with E-state index in [-0.39, 0.29) is 24.6 Å². The highest BCUT2D eigenvalue weighted by molar-refractivity contribution is 6.05. The zero-order chi connectivity index (χ0) is 24.1. The number of hydrogen-bond acceptors (Lipinski definition) is 5. The molecule has 0 saturated heterocycles. The van der Waals surface area contributed by atoms with Crippen LogP contribution in [0.4, 0.5) is 15.9 Å². The quantitative estimate of drug-likeness (QED) is 0.411. The molecule has 0 unspecified atom stereocenters. The van der Waals surface area contributed by atoms with E-state index in [9.17, 15) is 18.8 Å². The van der Waals surface area contributed by atoms with Gasteiger partial charge in [0, 0.05) is 6.08 Å². The molecule has 9 heteroatoms. The topological polar surface area (TPSA) is 114 Å². The van der Waals surface area contributed by atoms with Crippen LogP contribution in [0.15, 0.2) is 93.1 Å². The van der Waals surface area contributed by atoms with Crippen LogP contribution in [0.3, 0.4) is 0 Å². The van der Waals surface area contributed by atoms with Gasteiger partial charge in [-0.25, -0.2) is 9.18 Å². The maximum absolute atomic E-state index is 13.2. The van der Waals surface area contributed by atoms with Gasteiger partial charge in [0.2, 0.25) is 0 Å². The Kier molecular flexibility index (Phi) is 6.54. The summed E-state index contributed by atoms with van der Waals surface area (Å²) in [5.74, 6) is -0.735. The van der Waals surface area contributed by atoms with Crippen LogP contribution >= 0.6 is 0 Å². The number of nitrogens with zero attached hydrogens (tertiary/aromatic N) is 2. The molecule has 0 fully saturated rings. The SMILES string of the molecule is Nc1c(N(Cc2ccco2)C(=O)/C=C/c2ccc(F)cc2)c(=O)[nH]c(=O)n1Cc1ccccc1. The number of nitrogen functional groups attached to an aromatic ring is 1. The number of aromatic amines is 1. The first-order valence-electron chi connectivity index (χ1n) is 10.4. The molecule has 172 valence electrons. The van der Waals surface area contributed by atoms with Gasteiger partial charge in [0.1, 0.15) is 17.4 Å². The highest BCUT2D eigenvalue weighted by Crippen LogP contribution is 2.21. The van der Waals surface area contributed by atoms with E-state index in [2.05, 4.69) is 4.98 Å². The summed E-state index contributed by atoms with van der Waals surface area (Å²) in [4.78, 5) is 41.9. The number of H-pyrrole nitrogens is 1. The minimum atomic E-state index is -0.804. The fourth-order valence-electron chi connectivity index (χ4n) is 3.42. The Balaban J connectivity index is 1.75. The monoisotopic (exact) mass is 460 g/mol. The van der Waals surface area contributed by atoms with E-state index in [1.807, 2.05) is 30.3 Å². The van der Waals surface area contributed by atoms with Gasteiger partial charge < -0.3 is 10.2 Å². The van der Waals surface area contributed by atoms with E-state index in [0.29, 0.717) is 11.3 Å². The number of carbonyl (C=O) groups excluding carboxylic acids is 1. The number of nitrogens with two attached hydrogens (primary N) is 1. The van der Waals surface area contributed by atoms with E-state index in [1.54, 1.807) is 12.1 Å². The summed E-state index contributed by atoms with van der Waals surface area (Å²) in [7, 11) is 0. The summed E-state index contributed by atoms with van der Waals surface area (Å²) < 4.78 is 19.7. The Bertz CT molecular complexity index is 1420. The fraction of sp³-hybridized carbons (Fsp3) is 0.0800. The lowest BCUT2D eigenvalue weighted by Gasteiger charge is -2.22. The second kappa shape index (κ2) is 9.86. The van der Waals surface area contributed by atoms with E-state index >= 15 is 0 Å². The predicted octanol–water partition coefficient (Wildman–Crippen LogP) is 3.15. The third-order valence-electron chi connectivity index (χ3n) is 5.12. The lowest BCUT2D eigenvalue weighted by atomic mass is 10.2. The number of carbonyl (C=O) groups is 1. The highest BCUT2D eigenvalue weighted by Gasteiger charge is 2.24. The van der Waals surface area contributed by atoms with Crippen molar-refractivity contribution in [1.29, 1.82) is 0 Å². The number of rotatable bonds is 7. The minimum absolute atomic E-state index is 0.101. The molecule has 3 N–H and O–H groups in total. The molecule has 0 radical (unpaired) electrons. The van der Waals surface area contributed by atoms with Crippen molar-refractivity contribution in [2.75, 3.05) is 10.6 Å². The molecule has 4 rings (SSSR count). The molecule has 0 aliphatic heterocycles. The fourth-order valence-corrected chi connectivity index (χ4v) is 3.42. The number of halogens is 1. The van der Waals surface area contributed by atoms with Gasteiger partial charge in [-0.2, -0.15) is 0 Å². The van der Waals surface area contributed by atoms with Crippen LogP contribution in [0.25, 0.3) is 6.08 Å². The molecule has 0 aliphatic rings. The van der Waals surface area contributed by atoms with Gasteiger partial charge in [-0.3, -0.25) is 24.0 Å². The summed E-state index contributed by atoms with van der Waals surface area (Å²) in [5.41, 5.74) is 5.97. The number of amides is 1. The molecule has 0 spiro atoms. The second-order valence-corrected chi connectivity index (χ2v) is 7.45. The first-order valence-corrected chi connectivity index (χ1v) is 10.4. The van der Waals surface area contributed by atoms with Gasteiger partial charge in [0.25, 0.3) is 11.5 Å². The number of aromatic nitrogens is 2. The van der Waals surface area contributed by atoms with Gasteiger partial charge in [-0.05, 0) is 41.5 Å². The van der Waals surface area contributed by atoms with Crippen molar-refractivity contribution in [2.24, 2.45) is 0 Å². The van der Waals surface area contributed by atoms with Gasteiger partial charge in [-0.15, -0.1) is 0 Å². The lowest BCUT2D eigenvalue weighted by Crippen LogP contribution is -2.40. The van der Waals surface area contributed by atoms with Crippen molar-refractivity contribution >= 4 is 23.5 Å². The van der Waals surface area contributed by atoms with Gasteiger partial charge in [-0.1, -0.05) is 42.5 Å². The van der Waals surface area contributed by atoms with Crippen LogP contribution in [0.2, 0.25) is 0 Å². The van der Waals surface area contributed by atoms with Gasteiger partial charge in [0.15, 0.2) is 5.69 Å². The Labute approximate surface area is 193 Å². The molecule has 2 aromatic heterocycles. The summed E-state index contributed by atoms with van der Waals surface area (Å²) >= 11 is 0. The molecule has 1 amide bonds. The molecule has 2 aromatic carbocycles. The molecule has 0 saturated carbocycles. The van der Waals surface area contributed by atoms with Crippen molar-refractivity contribution in [2.45, 2.75) is 13.1 Å². The van der Waals surface area contributed by atoms with Crippen molar-refractivity contribution in [3.8, 4) is 0 Å². The zero-order valence-electron chi connectivity index (χ0n) is 18.0. The molecule has 34 heavy (non-hydrogen) atoms. The number of hydrogen-bond donors (Lipinski definition) is 2. The average Bonchev–Trinajstić information content (AvgIpc) is 3.34. The normalized spacial score (nSPS) is 11.1. The van der Waals surface area contributed by atoms with E-state index < -0.39 is 23.0 Å². The van der Waals surface area contributed by atoms with E-state index in [4.69, 9.17) is 10.2 Å². The molecule has 0 aliphatic carbocycles. The van der Waals surface area contributed by atoms with Crippen molar-refractivity contribution in [1.82, 2.24) is 9.55 Å². The third-order valence-corrected chi connectivity index (χ3v) is 5.12. The lowest BCUT2D eigenvalue weighted by molar-refractivity contribution is -0.114. The summed E-state index contributed by atoms with van der Waals surface area (Å²) in [5, 5.41) is 0. The van der Waals surface area contributed by atoms with Gasteiger partial charge in [0.05, 0.1) is 19.4 Å². The Morgan fingerprint density at radius 1 is 1.06 bits per heavy atom. The summed E-state index contributed by atoms with van der Waals surface area (Å²) in [6, 6.07) is 18.0. The summed E-state index contributed by atoms with van der Waals surface area (Å²) in [6.45, 7) is -0.0000994. The molecule has 8 nitrogen and oxygen atoms in total. The molecular formula is C25H21FN4O4. The predicted molar refractivity (Wildman–Crippen MR) is 127 cm³/mol. The minimum Gasteiger partial charge on any atom is -0.467 e. The molecule has 0 atom stereocenters. The highest BCUT2D eigenvalue weighted by atomic mass is 19.1. The van der Waals surface area contributed by atoms with Crippen LogP contribution in [0.5, 0.6) is 0 Å². The largest absolute Gasteiger partial charge is 0.467 e. The number of anilines is 2. The Hall–Kier alpha value is -4.66. The molecule has 0 bridgehead atoms. The smallest absolute Gasteiger partial charge is 0.330 e. The number of nitrogens with one attached hydrogen (secondary N) is 1. The van der Waals surface area contributed by atoms with E-state index in [1.165, 1.54) is 47.2 Å². The van der Waals surface area contributed by atoms with E-state index in [0.717, 1.165) is 10.5 Å². The number of furan rings is 1. The third kappa shape index (κ3) is 5.04. The van der Waals surface area contributed by atoms with Crippen LogP contribution < -0.4 is 21.9 Å². The van der Waals surface area contributed by atoms with Crippen LogP contribution in [-0.2, 0) is 17.9 Å². The van der Waals surface area contributed by atoms with Crippen LogP contribution in [0, 0.1) is 5.82 Å². The zero-order valence-corrected chi connectivity index (χ0v) is 18.0. The van der Waals surface area contributed by atoms with Crippen LogP contribution in [0.1, 0.15) is 16.9 Å². The second-order valence-electron chi connectivity index (χ2n) is 7.45.